The topological polar surface area (TPSA) is 9.23 Å². The smallest absolute Gasteiger partial charge is 0.165 e. The van der Waals surface area contributed by atoms with E-state index in [0.29, 0.717) is 6.42 Å². The molecule has 0 saturated carbocycles. The van der Waals surface area contributed by atoms with Crippen LogP contribution in [0.25, 0.3) is 0 Å². The standard InChI is InChI=1S/C15H13BrClFO/c1-19-15-7-4-11(9-14(15)18)13(17)8-10-2-5-12(16)6-3-10/h2-7,9,13H,8H2,1H3. The van der Waals surface area contributed by atoms with E-state index in [2.05, 4.69) is 15.9 Å². The highest BCUT2D eigenvalue weighted by molar-refractivity contribution is 9.10. The Bertz CT molecular complexity index is 557. The van der Waals surface area contributed by atoms with Crippen molar-refractivity contribution in [3.05, 3.63) is 63.9 Å². The van der Waals surface area contributed by atoms with Gasteiger partial charge in [-0.3, -0.25) is 0 Å². The molecule has 0 bridgehead atoms. The van der Waals surface area contributed by atoms with E-state index in [9.17, 15) is 4.39 Å². The maximum absolute atomic E-state index is 13.6. The van der Waals surface area contributed by atoms with Crippen LogP contribution in [0.4, 0.5) is 4.39 Å². The minimum atomic E-state index is -0.388. The number of hydrogen-bond acceptors (Lipinski definition) is 1. The van der Waals surface area contributed by atoms with Gasteiger partial charge in [-0.05, 0) is 41.8 Å². The van der Waals surface area contributed by atoms with Crippen molar-refractivity contribution in [1.82, 2.24) is 0 Å². The molecule has 2 aromatic rings. The van der Waals surface area contributed by atoms with E-state index in [-0.39, 0.29) is 16.9 Å². The first-order chi connectivity index (χ1) is 9.10. The number of halogens is 3. The molecule has 0 aliphatic carbocycles. The Morgan fingerprint density at radius 2 is 1.89 bits per heavy atom. The van der Waals surface area contributed by atoms with Crippen molar-refractivity contribution >= 4 is 27.5 Å². The molecule has 0 saturated heterocycles. The van der Waals surface area contributed by atoms with Gasteiger partial charge in [-0.15, -0.1) is 11.6 Å². The second-order valence-corrected chi connectivity index (χ2v) is 5.63. The number of alkyl halides is 1. The summed E-state index contributed by atoms with van der Waals surface area (Å²) >= 11 is 9.71. The zero-order valence-corrected chi connectivity index (χ0v) is 12.7. The second-order valence-electron chi connectivity index (χ2n) is 4.19. The lowest BCUT2D eigenvalue weighted by molar-refractivity contribution is 0.386. The third kappa shape index (κ3) is 3.71. The summed E-state index contributed by atoms with van der Waals surface area (Å²) in [5.74, 6) is -0.155. The Morgan fingerprint density at radius 3 is 2.47 bits per heavy atom. The first kappa shape index (κ1) is 14.4. The average Bonchev–Trinajstić information content (AvgIpc) is 2.41. The van der Waals surface area contributed by atoms with E-state index in [1.165, 1.54) is 13.2 Å². The largest absolute Gasteiger partial charge is 0.494 e. The SMILES string of the molecule is COc1ccc(C(Cl)Cc2ccc(Br)cc2)cc1F. The van der Waals surface area contributed by atoms with Crippen LogP contribution >= 0.6 is 27.5 Å². The fourth-order valence-corrected chi connectivity index (χ4v) is 2.40. The molecular formula is C15H13BrClFO. The highest BCUT2D eigenvalue weighted by Gasteiger charge is 2.12. The fourth-order valence-electron chi connectivity index (χ4n) is 1.82. The van der Waals surface area contributed by atoms with Gasteiger partial charge in [0.1, 0.15) is 0 Å². The van der Waals surface area contributed by atoms with Crippen molar-refractivity contribution in [2.45, 2.75) is 11.8 Å². The lowest BCUT2D eigenvalue weighted by atomic mass is 10.0. The average molecular weight is 344 g/mol. The molecule has 0 aliphatic heterocycles. The molecule has 4 heteroatoms. The molecular weight excluding hydrogens is 331 g/mol. The Hall–Kier alpha value is -1.06. The zero-order valence-electron chi connectivity index (χ0n) is 10.4. The normalized spacial score (nSPS) is 12.2. The van der Waals surface area contributed by atoms with Crippen LogP contribution in [0.2, 0.25) is 0 Å². The van der Waals surface area contributed by atoms with Gasteiger partial charge >= 0.3 is 0 Å². The minimum absolute atomic E-state index is 0.233. The molecule has 19 heavy (non-hydrogen) atoms. The van der Waals surface area contributed by atoms with E-state index >= 15 is 0 Å². The van der Waals surface area contributed by atoms with Crippen LogP contribution < -0.4 is 4.74 Å². The number of rotatable bonds is 4. The fraction of sp³-hybridized carbons (Fsp3) is 0.200. The molecule has 0 aliphatic rings. The van der Waals surface area contributed by atoms with Crippen molar-refractivity contribution in [3.8, 4) is 5.75 Å². The van der Waals surface area contributed by atoms with Crippen LogP contribution in [0, 0.1) is 5.82 Å². The summed E-state index contributed by atoms with van der Waals surface area (Å²) in [4.78, 5) is 0. The third-order valence-electron chi connectivity index (χ3n) is 2.87. The summed E-state index contributed by atoms with van der Waals surface area (Å²) in [7, 11) is 1.44. The second kappa shape index (κ2) is 6.40. The summed E-state index contributed by atoms with van der Waals surface area (Å²) in [5, 5.41) is -0.262. The highest BCUT2D eigenvalue weighted by Crippen LogP contribution is 2.28. The molecule has 1 nitrogen and oxygen atoms in total. The number of benzene rings is 2. The van der Waals surface area contributed by atoms with Crippen LogP contribution in [0.1, 0.15) is 16.5 Å². The zero-order chi connectivity index (χ0) is 13.8. The summed E-state index contributed by atoms with van der Waals surface area (Å²) in [6.07, 6.45) is 0.653. The number of ether oxygens (including phenoxy) is 1. The van der Waals surface area contributed by atoms with E-state index in [1.807, 2.05) is 24.3 Å². The van der Waals surface area contributed by atoms with Gasteiger partial charge in [-0.25, -0.2) is 4.39 Å². The van der Waals surface area contributed by atoms with Crippen LogP contribution in [0.15, 0.2) is 46.9 Å². The Morgan fingerprint density at radius 1 is 1.21 bits per heavy atom. The summed E-state index contributed by atoms with van der Waals surface area (Å²) in [6, 6.07) is 12.7. The highest BCUT2D eigenvalue weighted by atomic mass is 79.9. The molecule has 0 radical (unpaired) electrons. The van der Waals surface area contributed by atoms with Gasteiger partial charge < -0.3 is 4.74 Å². The van der Waals surface area contributed by atoms with E-state index in [4.69, 9.17) is 16.3 Å². The van der Waals surface area contributed by atoms with Crippen LogP contribution in [0.5, 0.6) is 5.75 Å². The van der Waals surface area contributed by atoms with Crippen LogP contribution in [0.3, 0.4) is 0 Å². The van der Waals surface area contributed by atoms with Crippen molar-refractivity contribution in [3.63, 3.8) is 0 Å². The van der Waals surface area contributed by atoms with E-state index < -0.39 is 0 Å². The molecule has 0 amide bonds. The van der Waals surface area contributed by atoms with Gasteiger partial charge in [0, 0.05) is 4.47 Å². The summed E-state index contributed by atoms with van der Waals surface area (Å²) in [6.45, 7) is 0. The first-order valence-corrected chi connectivity index (χ1v) is 7.05. The molecule has 0 fully saturated rings. The Kier molecular flexibility index (Phi) is 4.83. The Labute approximate surface area is 125 Å². The van der Waals surface area contributed by atoms with Gasteiger partial charge in [-0.1, -0.05) is 34.1 Å². The van der Waals surface area contributed by atoms with Crippen LogP contribution in [-0.2, 0) is 6.42 Å². The van der Waals surface area contributed by atoms with Gasteiger partial charge in [0.15, 0.2) is 11.6 Å². The van der Waals surface area contributed by atoms with Gasteiger partial charge in [0.2, 0.25) is 0 Å². The minimum Gasteiger partial charge on any atom is -0.494 e. The van der Waals surface area contributed by atoms with E-state index in [0.717, 1.165) is 15.6 Å². The summed E-state index contributed by atoms with van der Waals surface area (Å²) in [5.41, 5.74) is 1.86. The lowest BCUT2D eigenvalue weighted by Gasteiger charge is -2.11. The predicted molar refractivity (Wildman–Crippen MR) is 79.4 cm³/mol. The molecule has 0 N–H and O–H groups in total. The molecule has 0 aromatic heterocycles. The molecule has 1 unspecified atom stereocenters. The van der Waals surface area contributed by atoms with E-state index in [1.54, 1.807) is 12.1 Å². The van der Waals surface area contributed by atoms with Gasteiger partial charge in [-0.2, -0.15) is 0 Å². The molecule has 0 spiro atoms. The van der Waals surface area contributed by atoms with Crippen molar-refractivity contribution in [2.75, 3.05) is 7.11 Å². The van der Waals surface area contributed by atoms with Crippen LogP contribution in [-0.4, -0.2) is 7.11 Å². The van der Waals surface area contributed by atoms with Gasteiger partial charge in [0.25, 0.3) is 0 Å². The molecule has 2 aromatic carbocycles. The number of methoxy groups -OCH3 is 1. The molecule has 1 atom stereocenters. The quantitative estimate of drug-likeness (QED) is 0.700. The summed E-state index contributed by atoms with van der Waals surface area (Å²) < 4.78 is 19.5. The van der Waals surface area contributed by atoms with Crippen molar-refractivity contribution in [1.29, 1.82) is 0 Å². The maximum atomic E-state index is 13.6. The maximum Gasteiger partial charge on any atom is 0.165 e. The Balaban J connectivity index is 2.13. The number of hydrogen-bond donors (Lipinski definition) is 0. The van der Waals surface area contributed by atoms with Crippen molar-refractivity contribution < 1.29 is 9.13 Å². The van der Waals surface area contributed by atoms with Gasteiger partial charge in [0.05, 0.1) is 12.5 Å². The predicted octanol–water partition coefficient (Wildman–Crippen LogP) is 5.12. The first-order valence-electron chi connectivity index (χ1n) is 5.82. The molecule has 100 valence electrons. The van der Waals surface area contributed by atoms with Crippen molar-refractivity contribution in [2.24, 2.45) is 0 Å². The lowest BCUT2D eigenvalue weighted by Crippen LogP contribution is -1.98. The monoisotopic (exact) mass is 342 g/mol. The third-order valence-corrected chi connectivity index (χ3v) is 3.80. The molecule has 0 heterocycles. The molecule has 2 rings (SSSR count).